The number of nitrogens with zero attached hydrogens (tertiary/aromatic N) is 1. The van der Waals surface area contributed by atoms with Crippen LogP contribution >= 0.6 is 7.15 Å². The summed E-state index contributed by atoms with van der Waals surface area (Å²) in [6.45, 7) is 1.47. The van der Waals surface area contributed by atoms with Crippen molar-refractivity contribution >= 4 is 29.4 Å². The molecule has 0 fully saturated rings. The van der Waals surface area contributed by atoms with Gasteiger partial charge in [-0.05, 0) is 11.0 Å². The van der Waals surface area contributed by atoms with Crippen molar-refractivity contribution in [3.63, 3.8) is 0 Å². The van der Waals surface area contributed by atoms with E-state index in [2.05, 4.69) is 12.2 Å². The summed E-state index contributed by atoms with van der Waals surface area (Å²) in [6, 6.07) is 0. The molecule has 0 saturated carbocycles. The third-order valence-corrected chi connectivity index (χ3v) is 5.23. The van der Waals surface area contributed by atoms with Crippen molar-refractivity contribution in [2.75, 3.05) is 12.8 Å². The molecule has 0 spiro atoms. The first-order valence-corrected chi connectivity index (χ1v) is 6.36. The van der Waals surface area contributed by atoms with Gasteiger partial charge < -0.3 is 12.2 Å². The second-order valence-corrected chi connectivity index (χ2v) is 6.14. The summed E-state index contributed by atoms with van der Waals surface area (Å²) in [4.78, 5) is 0. The molecule has 0 aromatic heterocycles. The monoisotopic (exact) mass is 201 g/mol. The van der Waals surface area contributed by atoms with Gasteiger partial charge >= 0.3 is 7.15 Å². The molecule has 4 nitrogen and oxygen atoms in total. The third-order valence-electron chi connectivity index (χ3n) is 0.997. The van der Waals surface area contributed by atoms with Gasteiger partial charge in [0.05, 0.1) is 5.75 Å². The van der Waals surface area contributed by atoms with E-state index in [9.17, 15) is 13.0 Å². The lowest BCUT2D eigenvalue weighted by atomic mass is 11.0. The van der Waals surface area contributed by atoms with Crippen molar-refractivity contribution < 1.29 is 13.0 Å². The van der Waals surface area contributed by atoms with Crippen LogP contribution in [0.25, 0.3) is 0 Å². The highest BCUT2D eigenvalue weighted by Gasteiger charge is 2.23. The van der Waals surface area contributed by atoms with Crippen LogP contribution in [-0.4, -0.2) is 25.3 Å². The lowest BCUT2D eigenvalue weighted by Gasteiger charge is -2.04. The van der Waals surface area contributed by atoms with E-state index in [1.807, 2.05) is 0 Å². The lowest BCUT2D eigenvalue weighted by molar-refractivity contribution is 0.542. The average molecular weight is 201 g/mol. The van der Waals surface area contributed by atoms with E-state index >= 15 is 0 Å². The number of rotatable bonds is 3. The normalized spacial score (nSPS) is 13.8. The molecule has 0 amide bonds. The summed E-state index contributed by atoms with van der Waals surface area (Å²) in [5.41, 5.74) is 0. The summed E-state index contributed by atoms with van der Waals surface area (Å²) in [5.74, 6) is -0.0682. The zero-order valence-corrected chi connectivity index (χ0v) is 8.17. The molecule has 0 bridgehead atoms. The Balaban J connectivity index is 4.51. The van der Waals surface area contributed by atoms with Crippen molar-refractivity contribution in [3.05, 3.63) is 0 Å². The molecule has 0 aliphatic rings. The summed E-state index contributed by atoms with van der Waals surface area (Å²) in [6.07, 6.45) is 0. The van der Waals surface area contributed by atoms with Crippen LogP contribution in [0.1, 0.15) is 6.92 Å². The fourth-order valence-corrected chi connectivity index (χ4v) is 2.74. The highest BCUT2D eigenvalue weighted by molar-refractivity contribution is 8.29. The molecule has 0 saturated heterocycles. The van der Waals surface area contributed by atoms with E-state index in [-0.39, 0.29) is 5.75 Å². The molecular formula is C3H8NO3PS2. The standard InChI is InChI=1S/C3H8NO3PS2/c1-3-10(6,7)4(2)8(5)9/h3H2,1-2H3. The maximum absolute atomic E-state index is 10.8. The van der Waals surface area contributed by atoms with Crippen LogP contribution in [0.2, 0.25) is 0 Å². The second-order valence-electron chi connectivity index (χ2n) is 1.57. The molecule has 0 aliphatic heterocycles. The van der Waals surface area contributed by atoms with Crippen LogP contribution in [0.3, 0.4) is 0 Å². The van der Waals surface area contributed by atoms with E-state index in [1.165, 1.54) is 14.0 Å². The first-order chi connectivity index (χ1) is 4.41. The zero-order chi connectivity index (χ0) is 8.36. The maximum Gasteiger partial charge on any atom is 0.315 e. The van der Waals surface area contributed by atoms with E-state index in [1.54, 1.807) is 0 Å². The van der Waals surface area contributed by atoms with Gasteiger partial charge in [-0.1, -0.05) is 4.57 Å². The molecule has 1 unspecified atom stereocenters. The van der Waals surface area contributed by atoms with Crippen LogP contribution < -0.4 is 0 Å². The van der Waals surface area contributed by atoms with E-state index < -0.39 is 17.2 Å². The summed E-state index contributed by atoms with van der Waals surface area (Å²) in [5, 5.41) is 0. The Hall–Kier alpha value is 0.360. The predicted molar refractivity (Wildman–Crippen MR) is 42.2 cm³/mol. The van der Waals surface area contributed by atoms with Gasteiger partial charge in [-0.3, -0.25) is 0 Å². The molecule has 0 rings (SSSR count). The second kappa shape index (κ2) is 3.67. The highest BCUT2D eigenvalue weighted by atomic mass is 32.7. The molecule has 0 aromatic rings. The largest absolute Gasteiger partial charge is 0.422 e. The highest BCUT2D eigenvalue weighted by Crippen LogP contribution is 2.24. The van der Waals surface area contributed by atoms with Crippen LogP contribution in [0.4, 0.5) is 0 Å². The zero-order valence-electron chi connectivity index (χ0n) is 5.64. The van der Waals surface area contributed by atoms with Gasteiger partial charge in [0.15, 0.2) is 0 Å². The van der Waals surface area contributed by atoms with E-state index in [4.69, 9.17) is 0 Å². The van der Waals surface area contributed by atoms with Crippen molar-refractivity contribution in [1.29, 1.82) is 0 Å². The number of hydrogen-bond acceptors (Lipinski definition) is 4. The van der Waals surface area contributed by atoms with Gasteiger partial charge in [-0.2, -0.15) is 0 Å². The van der Waals surface area contributed by atoms with E-state index in [0.29, 0.717) is 4.08 Å². The van der Waals surface area contributed by atoms with Crippen molar-refractivity contribution in [2.45, 2.75) is 6.92 Å². The topological polar surface area (TPSA) is 54.5 Å². The Bertz CT molecular complexity index is 224. The van der Waals surface area contributed by atoms with Crippen LogP contribution in [0, 0.1) is 0 Å². The Labute approximate surface area is 66.7 Å². The van der Waals surface area contributed by atoms with Gasteiger partial charge in [0.1, 0.15) is 0 Å². The minimum Gasteiger partial charge on any atom is -0.422 e. The lowest BCUT2D eigenvalue weighted by Crippen LogP contribution is -2.20. The summed E-state index contributed by atoms with van der Waals surface area (Å²) in [7, 11) is -4.32. The molecular weight excluding hydrogens is 193 g/mol. The van der Waals surface area contributed by atoms with Crippen LogP contribution in [0.15, 0.2) is 0 Å². The molecule has 0 radical (unpaired) electrons. The molecule has 60 valence electrons. The molecule has 0 aromatic carbocycles. The quantitative estimate of drug-likeness (QED) is 0.492. The molecule has 10 heavy (non-hydrogen) atoms. The minimum absolute atomic E-state index is 0.0682. The minimum atomic E-state index is -3.35. The Morgan fingerprint density at radius 2 is 2.00 bits per heavy atom. The Kier molecular flexibility index (Phi) is 3.80. The van der Waals surface area contributed by atoms with Crippen LogP contribution in [-0.2, 0) is 26.8 Å². The van der Waals surface area contributed by atoms with Gasteiger partial charge in [0.2, 0.25) is 10.0 Å². The van der Waals surface area contributed by atoms with Crippen molar-refractivity contribution in [1.82, 2.24) is 4.08 Å². The van der Waals surface area contributed by atoms with Crippen molar-refractivity contribution in [3.8, 4) is 0 Å². The van der Waals surface area contributed by atoms with E-state index in [0.717, 1.165) is 0 Å². The summed E-state index contributed by atoms with van der Waals surface area (Å²) < 4.78 is 32.8. The molecule has 0 aliphatic carbocycles. The maximum atomic E-state index is 10.8. The fourth-order valence-electron chi connectivity index (χ4n) is 0.288. The molecule has 1 atom stereocenters. The Morgan fingerprint density at radius 1 is 1.60 bits per heavy atom. The molecule has 0 heterocycles. The summed E-state index contributed by atoms with van der Waals surface area (Å²) >= 11 is 4.27. The van der Waals surface area contributed by atoms with Gasteiger partial charge in [-0.15, -0.1) is 0 Å². The Morgan fingerprint density at radius 3 is 2.10 bits per heavy atom. The van der Waals surface area contributed by atoms with Crippen LogP contribution in [0.5, 0.6) is 0 Å². The van der Waals surface area contributed by atoms with Crippen molar-refractivity contribution in [2.24, 2.45) is 0 Å². The average Bonchev–Trinajstić information content (AvgIpc) is 1.86. The van der Waals surface area contributed by atoms with Gasteiger partial charge in [0, 0.05) is 7.05 Å². The SMILES string of the molecule is CCS(=O)(=O)N(C)[P+](=O)[S-]. The first-order valence-electron chi connectivity index (χ1n) is 2.52. The first kappa shape index (κ1) is 10.4. The number of sulfonamides is 1. The predicted octanol–water partition coefficient (Wildman–Crippen LogP) is 0.472. The third kappa shape index (κ3) is 2.54. The molecule has 0 N–H and O–H groups in total. The number of hydrogen-bond donors (Lipinski definition) is 0. The smallest absolute Gasteiger partial charge is 0.315 e. The van der Waals surface area contributed by atoms with Gasteiger partial charge in [-0.25, -0.2) is 8.42 Å². The van der Waals surface area contributed by atoms with Gasteiger partial charge in [0.25, 0.3) is 0 Å². The fraction of sp³-hybridized carbons (Fsp3) is 1.00. The molecule has 7 heteroatoms.